The van der Waals surface area contributed by atoms with Gasteiger partial charge in [-0.15, -0.1) is 11.3 Å². The molecular formula is C14H23N3S. The standard InChI is InChI=1S/C14H23N3S/c1-2-7-15-12(5-1)11-4-3-6-13(11)17-10-14-16-8-9-18-14/h8-9,11-13,15,17H,1-7,10H2. The first-order valence-corrected chi connectivity index (χ1v) is 8.16. The van der Waals surface area contributed by atoms with E-state index in [0.29, 0.717) is 6.04 Å². The summed E-state index contributed by atoms with van der Waals surface area (Å²) in [6, 6.07) is 1.46. The molecule has 18 heavy (non-hydrogen) atoms. The molecule has 2 aliphatic rings. The zero-order valence-electron chi connectivity index (χ0n) is 10.9. The van der Waals surface area contributed by atoms with E-state index in [4.69, 9.17) is 0 Å². The van der Waals surface area contributed by atoms with Crippen molar-refractivity contribution in [2.75, 3.05) is 6.54 Å². The first kappa shape index (κ1) is 12.6. The van der Waals surface area contributed by atoms with Crippen LogP contribution in [0, 0.1) is 5.92 Å². The van der Waals surface area contributed by atoms with Crippen LogP contribution in [0.25, 0.3) is 0 Å². The van der Waals surface area contributed by atoms with Crippen molar-refractivity contribution in [3.63, 3.8) is 0 Å². The highest BCUT2D eigenvalue weighted by molar-refractivity contribution is 7.09. The van der Waals surface area contributed by atoms with Gasteiger partial charge < -0.3 is 10.6 Å². The molecule has 0 bridgehead atoms. The highest BCUT2D eigenvalue weighted by atomic mass is 32.1. The molecule has 2 N–H and O–H groups in total. The van der Waals surface area contributed by atoms with Gasteiger partial charge in [0, 0.05) is 30.2 Å². The van der Waals surface area contributed by atoms with Crippen LogP contribution in [-0.2, 0) is 6.54 Å². The fourth-order valence-electron chi connectivity index (χ4n) is 3.53. The molecular weight excluding hydrogens is 242 g/mol. The predicted octanol–water partition coefficient (Wildman–Crippen LogP) is 2.54. The molecule has 2 heterocycles. The fraction of sp³-hybridized carbons (Fsp3) is 0.786. The summed E-state index contributed by atoms with van der Waals surface area (Å²) in [7, 11) is 0. The Labute approximate surface area is 113 Å². The van der Waals surface area contributed by atoms with Crippen molar-refractivity contribution in [2.45, 2.75) is 57.2 Å². The largest absolute Gasteiger partial charge is 0.314 e. The van der Waals surface area contributed by atoms with E-state index >= 15 is 0 Å². The third-order valence-corrected chi connectivity index (χ3v) is 5.21. The summed E-state index contributed by atoms with van der Waals surface area (Å²) in [4.78, 5) is 4.36. The third-order valence-electron chi connectivity index (χ3n) is 4.43. The van der Waals surface area contributed by atoms with E-state index in [0.717, 1.165) is 18.5 Å². The van der Waals surface area contributed by atoms with Crippen LogP contribution in [0.15, 0.2) is 11.6 Å². The minimum Gasteiger partial charge on any atom is -0.314 e. The summed E-state index contributed by atoms with van der Waals surface area (Å²) in [5.74, 6) is 0.838. The Balaban J connectivity index is 1.53. The summed E-state index contributed by atoms with van der Waals surface area (Å²) in [5.41, 5.74) is 0. The average Bonchev–Trinajstić information content (AvgIpc) is 3.09. The van der Waals surface area contributed by atoms with E-state index in [1.54, 1.807) is 11.3 Å². The van der Waals surface area contributed by atoms with Crippen LogP contribution < -0.4 is 10.6 Å². The van der Waals surface area contributed by atoms with Gasteiger partial charge in [0.1, 0.15) is 5.01 Å². The van der Waals surface area contributed by atoms with Gasteiger partial charge in [0.2, 0.25) is 0 Å². The molecule has 0 amide bonds. The van der Waals surface area contributed by atoms with Gasteiger partial charge in [-0.1, -0.05) is 12.8 Å². The van der Waals surface area contributed by atoms with E-state index in [9.17, 15) is 0 Å². The monoisotopic (exact) mass is 265 g/mol. The number of hydrogen-bond donors (Lipinski definition) is 2. The van der Waals surface area contributed by atoms with Crippen molar-refractivity contribution in [3.05, 3.63) is 16.6 Å². The van der Waals surface area contributed by atoms with Gasteiger partial charge in [-0.3, -0.25) is 0 Å². The average molecular weight is 265 g/mol. The van der Waals surface area contributed by atoms with Crippen LogP contribution in [-0.4, -0.2) is 23.6 Å². The maximum absolute atomic E-state index is 4.36. The number of nitrogens with zero attached hydrogens (tertiary/aromatic N) is 1. The van der Waals surface area contributed by atoms with Gasteiger partial charge in [0.15, 0.2) is 0 Å². The fourth-order valence-corrected chi connectivity index (χ4v) is 4.09. The number of thiazole rings is 1. The lowest BCUT2D eigenvalue weighted by Gasteiger charge is -2.33. The second-order valence-corrected chi connectivity index (χ2v) is 6.54. The highest BCUT2D eigenvalue weighted by Crippen LogP contribution is 2.31. The van der Waals surface area contributed by atoms with Gasteiger partial charge in [-0.05, 0) is 38.1 Å². The minimum atomic E-state index is 0.699. The van der Waals surface area contributed by atoms with Crippen LogP contribution in [0.1, 0.15) is 43.5 Å². The van der Waals surface area contributed by atoms with Crippen molar-refractivity contribution in [2.24, 2.45) is 5.92 Å². The lowest BCUT2D eigenvalue weighted by molar-refractivity contribution is 0.257. The normalized spacial score (nSPS) is 32.8. The molecule has 100 valence electrons. The van der Waals surface area contributed by atoms with Crippen molar-refractivity contribution in [1.29, 1.82) is 0 Å². The van der Waals surface area contributed by atoms with Crippen molar-refractivity contribution >= 4 is 11.3 Å². The Hall–Kier alpha value is -0.450. The first-order chi connectivity index (χ1) is 8.93. The quantitative estimate of drug-likeness (QED) is 0.878. The summed E-state index contributed by atoms with van der Waals surface area (Å²) in [6.07, 6.45) is 10.2. The van der Waals surface area contributed by atoms with Gasteiger partial charge in [-0.2, -0.15) is 0 Å². The number of nitrogens with one attached hydrogen (secondary N) is 2. The maximum atomic E-state index is 4.36. The maximum Gasteiger partial charge on any atom is 0.106 e. The van der Waals surface area contributed by atoms with Gasteiger partial charge >= 0.3 is 0 Å². The van der Waals surface area contributed by atoms with Crippen LogP contribution in [0.2, 0.25) is 0 Å². The molecule has 1 aromatic heterocycles. The van der Waals surface area contributed by atoms with Gasteiger partial charge in [-0.25, -0.2) is 4.98 Å². The molecule has 0 spiro atoms. The van der Waals surface area contributed by atoms with E-state index in [-0.39, 0.29) is 0 Å². The Kier molecular flexibility index (Phi) is 4.28. The molecule has 0 aromatic carbocycles. The summed E-state index contributed by atoms with van der Waals surface area (Å²) in [5, 5.41) is 10.8. The highest BCUT2D eigenvalue weighted by Gasteiger charge is 2.33. The van der Waals surface area contributed by atoms with Gasteiger partial charge in [0.25, 0.3) is 0 Å². The number of rotatable bonds is 4. The van der Waals surface area contributed by atoms with E-state index < -0.39 is 0 Å². The van der Waals surface area contributed by atoms with Crippen LogP contribution >= 0.6 is 11.3 Å². The lowest BCUT2D eigenvalue weighted by Crippen LogP contribution is -2.46. The van der Waals surface area contributed by atoms with Crippen molar-refractivity contribution in [3.8, 4) is 0 Å². The molecule has 4 heteroatoms. The van der Waals surface area contributed by atoms with Crippen molar-refractivity contribution < 1.29 is 0 Å². The first-order valence-electron chi connectivity index (χ1n) is 7.28. The molecule has 2 fully saturated rings. The van der Waals surface area contributed by atoms with E-state index in [2.05, 4.69) is 21.0 Å². The van der Waals surface area contributed by atoms with Crippen molar-refractivity contribution in [1.82, 2.24) is 15.6 Å². The van der Waals surface area contributed by atoms with Crippen LogP contribution in [0.3, 0.4) is 0 Å². The molecule has 1 aliphatic heterocycles. The zero-order chi connectivity index (χ0) is 12.2. The summed E-state index contributed by atoms with van der Waals surface area (Å²) in [6.45, 7) is 2.17. The Bertz CT molecular complexity index is 346. The second kappa shape index (κ2) is 6.13. The van der Waals surface area contributed by atoms with Gasteiger partial charge in [0.05, 0.1) is 0 Å². The topological polar surface area (TPSA) is 37.0 Å². The van der Waals surface area contributed by atoms with E-state index in [1.807, 2.05) is 6.20 Å². The Morgan fingerprint density at radius 2 is 2.28 bits per heavy atom. The molecule has 1 aromatic rings. The van der Waals surface area contributed by atoms with Crippen LogP contribution in [0.4, 0.5) is 0 Å². The summed E-state index contributed by atoms with van der Waals surface area (Å²) < 4.78 is 0. The lowest BCUT2D eigenvalue weighted by atomic mass is 9.88. The third kappa shape index (κ3) is 2.92. The minimum absolute atomic E-state index is 0.699. The predicted molar refractivity (Wildman–Crippen MR) is 75.7 cm³/mol. The smallest absolute Gasteiger partial charge is 0.106 e. The molecule has 1 saturated carbocycles. The number of piperidine rings is 1. The molecule has 3 rings (SSSR count). The van der Waals surface area contributed by atoms with Crippen LogP contribution in [0.5, 0.6) is 0 Å². The molecule has 3 nitrogen and oxygen atoms in total. The molecule has 1 saturated heterocycles. The summed E-state index contributed by atoms with van der Waals surface area (Å²) >= 11 is 1.75. The number of hydrogen-bond acceptors (Lipinski definition) is 4. The van der Waals surface area contributed by atoms with E-state index in [1.165, 1.54) is 50.1 Å². The second-order valence-electron chi connectivity index (χ2n) is 5.56. The SMILES string of the molecule is c1csc(CNC2CCCC2C2CCCCN2)n1. The molecule has 3 unspecified atom stereocenters. The molecule has 1 aliphatic carbocycles. The Morgan fingerprint density at radius 3 is 3.06 bits per heavy atom. The zero-order valence-corrected chi connectivity index (χ0v) is 11.7. The Morgan fingerprint density at radius 1 is 1.28 bits per heavy atom. The molecule has 0 radical (unpaired) electrons. The number of aromatic nitrogens is 1. The molecule has 3 atom stereocenters.